The summed E-state index contributed by atoms with van der Waals surface area (Å²) in [6, 6.07) is 8.91. The van der Waals surface area contributed by atoms with Crippen LogP contribution in [0.3, 0.4) is 0 Å². The van der Waals surface area contributed by atoms with E-state index in [2.05, 4.69) is 11.9 Å². The van der Waals surface area contributed by atoms with Crippen LogP contribution in [0.25, 0.3) is 16.7 Å². The first-order chi connectivity index (χ1) is 12.7. The molecule has 1 N–H and O–H groups in total. The molecule has 3 heterocycles. The predicted octanol–water partition coefficient (Wildman–Crippen LogP) is 3.36. The smallest absolute Gasteiger partial charge is 0.267 e. The van der Waals surface area contributed by atoms with Crippen LogP contribution in [0.1, 0.15) is 51.0 Å². The number of nitriles is 1. The first-order valence-corrected chi connectivity index (χ1v) is 9.17. The highest BCUT2D eigenvalue weighted by atomic mass is 16.1. The van der Waals surface area contributed by atoms with Crippen molar-refractivity contribution in [3.63, 3.8) is 0 Å². The van der Waals surface area contributed by atoms with Crippen LogP contribution in [0.15, 0.2) is 35.3 Å². The molecule has 134 valence electrons. The van der Waals surface area contributed by atoms with Crippen molar-refractivity contribution in [1.29, 1.82) is 10.7 Å². The molecule has 0 fully saturated rings. The lowest BCUT2D eigenvalue weighted by molar-refractivity contribution is 0.551. The molecule has 3 aromatic rings. The lowest BCUT2D eigenvalue weighted by Gasteiger charge is -2.12. The van der Waals surface area contributed by atoms with Gasteiger partial charge in [0.25, 0.3) is 5.56 Å². The molecule has 0 saturated carbocycles. The number of rotatable bonds is 7. The third-order valence-electron chi connectivity index (χ3n) is 4.67. The van der Waals surface area contributed by atoms with E-state index in [0.29, 0.717) is 23.2 Å². The first-order valence-electron chi connectivity index (χ1n) is 9.17. The Hall–Kier alpha value is -2.94. The number of hydrogen-bond donors (Lipinski definition) is 1. The van der Waals surface area contributed by atoms with E-state index in [0.717, 1.165) is 19.3 Å². The van der Waals surface area contributed by atoms with Gasteiger partial charge in [-0.05, 0) is 24.6 Å². The van der Waals surface area contributed by atoms with Crippen LogP contribution in [0.5, 0.6) is 0 Å². The molecule has 6 heteroatoms. The van der Waals surface area contributed by atoms with E-state index in [4.69, 9.17) is 5.41 Å². The Bertz CT molecular complexity index is 1090. The minimum atomic E-state index is -0.209. The van der Waals surface area contributed by atoms with Crippen LogP contribution in [0.2, 0.25) is 0 Å². The second-order valence-electron chi connectivity index (χ2n) is 6.52. The summed E-state index contributed by atoms with van der Waals surface area (Å²) >= 11 is 0. The van der Waals surface area contributed by atoms with Gasteiger partial charge in [-0.1, -0.05) is 45.1 Å². The molecular weight excluding hydrogens is 326 g/mol. The Labute approximate surface area is 151 Å². The maximum atomic E-state index is 12.8. The van der Waals surface area contributed by atoms with Gasteiger partial charge >= 0.3 is 0 Å². The summed E-state index contributed by atoms with van der Waals surface area (Å²) < 4.78 is 3.18. The second kappa shape index (κ2) is 7.96. The third kappa shape index (κ3) is 3.38. The average molecular weight is 349 g/mol. The zero-order valence-electron chi connectivity index (χ0n) is 15.0. The molecule has 0 radical (unpaired) electrons. The topological polar surface area (TPSA) is 86.9 Å². The second-order valence-corrected chi connectivity index (χ2v) is 6.52. The lowest BCUT2D eigenvalue weighted by atomic mass is 10.1. The molecule has 0 spiro atoms. The quantitative estimate of drug-likeness (QED) is 0.524. The minimum absolute atomic E-state index is 0.126. The lowest BCUT2D eigenvalue weighted by Crippen LogP contribution is -2.27. The fraction of sp³-hybridized carbons (Fsp3) is 0.400. The van der Waals surface area contributed by atoms with Gasteiger partial charge in [-0.3, -0.25) is 14.6 Å². The van der Waals surface area contributed by atoms with Crippen molar-refractivity contribution in [2.75, 3.05) is 0 Å². The maximum absolute atomic E-state index is 12.8. The van der Waals surface area contributed by atoms with Gasteiger partial charge in [0, 0.05) is 12.7 Å². The molecular formula is C20H23N5O. The Morgan fingerprint density at radius 3 is 2.73 bits per heavy atom. The standard InChI is InChI=1S/C20H23N5O/c1-2-3-4-5-6-8-12-25-18(22)15(14-21)13-16-19(25)23-17-10-7-9-11-24(17)20(16)26/h7,9-11,13,22H,2-6,8,12H2,1H3. The number of aryl methyl sites for hydroxylation is 1. The van der Waals surface area contributed by atoms with Gasteiger partial charge in [0.2, 0.25) is 0 Å². The molecule has 3 aromatic heterocycles. The SMILES string of the molecule is CCCCCCCCn1c(=N)c(C#N)cc2c(=O)n3ccccc3nc21. The van der Waals surface area contributed by atoms with E-state index in [-0.39, 0.29) is 16.6 Å². The van der Waals surface area contributed by atoms with Crippen LogP contribution < -0.4 is 11.0 Å². The normalized spacial score (nSPS) is 11.1. The molecule has 0 bridgehead atoms. The van der Waals surface area contributed by atoms with Crippen molar-refractivity contribution in [1.82, 2.24) is 14.0 Å². The van der Waals surface area contributed by atoms with Crippen LogP contribution in [0.4, 0.5) is 0 Å². The predicted molar refractivity (Wildman–Crippen MR) is 101 cm³/mol. The molecule has 6 nitrogen and oxygen atoms in total. The fourth-order valence-electron chi connectivity index (χ4n) is 3.24. The van der Waals surface area contributed by atoms with E-state index >= 15 is 0 Å². The number of fused-ring (bicyclic) bond motifs is 2. The summed E-state index contributed by atoms with van der Waals surface area (Å²) in [5, 5.41) is 18.1. The zero-order valence-corrected chi connectivity index (χ0v) is 15.0. The summed E-state index contributed by atoms with van der Waals surface area (Å²) in [4.78, 5) is 17.4. The van der Waals surface area contributed by atoms with Gasteiger partial charge in [0.05, 0.1) is 10.9 Å². The summed E-state index contributed by atoms with van der Waals surface area (Å²) in [6.45, 7) is 2.78. The Morgan fingerprint density at radius 2 is 1.96 bits per heavy atom. The molecule has 0 aromatic carbocycles. The monoisotopic (exact) mass is 349 g/mol. The fourth-order valence-corrected chi connectivity index (χ4v) is 3.24. The number of pyridine rings is 2. The molecule has 0 amide bonds. The summed E-state index contributed by atoms with van der Waals surface area (Å²) in [5.74, 6) is 0. The third-order valence-corrected chi connectivity index (χ3v) is 4.67. The zero-order chi connectivity index (χ0) is 18.5. The van der Waals surface area contributed by atoms with E-state index in [1.807, 2.05) is 12.1 Å². The van der Waals surface area contributed by atoms with E-state index in [1.54, 1.807) is 22.9 Å². The largest absolute Gasteiger partial charge is 0.310 e. The number of nitrogens with one attached hydrogen (secondary N) is 1. The average Bonchev–Trinajstić information content (AvgIpc) is 2.66. The van der Waals surface area contributed by atoms with Gasteiger partial charge in [-0.25, -0.2) is 4.98 Å². The molecule has 3 rings (SSSR count). The minimum Gasteiger partial charge on any atom is -0.310 e. The summed E-state index contributed by atoms with van der Waals surface area (Å²) in [5.41, 5.74) is 1.15. The van der Waals surface area contributed by atoms with Crippen molar-refractivity contribution in [3.05, 3.63) is 51.9 Å². The van der Waals surface area contributed by atoms with Crippen molar-refractivity contribution in [3.8, 4) is 6.07 Å². The molecule has 0 aliphatic heterocycles. The van der Waals surface area contributed by atoms with Gasteiger partial charge in [-0.15, -0.1) is 0 Å². The van der Waals surface area contributed by atoms with Gasteiger partial charge in [-0.2, -0.15) is 5.26 Å². The first kappa shape index (κ1) is 17.9. The van der Waals surface area contributed by atoms with Crippen molar-refractivity contribution >= 4 is 16.7 Å². The van der Waals surface area contributed by atoms with Crippen LogP contribution in [-0.2, 0) is 6.54 Å². The number of unbranched alkanes of at least 4 members (excludes halogenated alkanes) is 5. The highest BCUT2D eigenvalue weighted by Gasteiger charge is 2.12. The van der Waals surface area contributed by atoms with Gasteiger partial charge < -0.3 is 4.57 Å². The van der Waals surface area contributed by atoms with Crippen LogP contribution >= 0.6 is 0 Å². The molecule has 0 aliphatic carbocycles. The summed E-state index contributed by atoms with van der Waals surface area (Å²) in [7, 11) is 0. The van der Waals surface area contributed by atoms with Gasteiger partial charge in [0.15, 0.2) is 0 Å². The molecule has 0 atom stereocenters. The molecule has 26 heavy (non-hydrogen) atoms. The van der Waals surface area contributed by atoms with Crippen molar-refractivity contribution < 1.29 is 0 Å². The molecule has 0 aliphatic rings. The summed E-state index contributed by atoms with van der Waals surface area (Å²) in [6.07, 6.45) is 8.48. The molecule has 0 saturated heterocycles. The molecule has 0 unspecified atom stereocenters. The number of aromatic nitrogens is 3. The Balaban J connectivity index is 2.05. The van der Waals surface area contributed by atoms with Crippen LogP contribution in [0, 0.1) is 16.7 Å². The number of nitrogens with zero attached hydrogens (tertiary/aromatic N) is 4. The number of hydrogen-bond acceptors (Lipinski definition) is 4. The highest BCUT2D eigenvalue weighted by Crippen LogP contribution is 2.12. The maximum Gasteiger partial charge on any atom is 0.267 e. The van der Waals surface area contributed by atoms with Crippen molar-refractivity contribution in [2.45, 2.75) is 52.0 Å². The van der Waals surface area contributed by atoms with Gasteiger partial charge in [0.1, 0.15) is 22.9 Å². The van der Waals surface area contributed by atoms with E-state index < -0.39 is 0 Å². The van der Waals surface area contributed by atoms with E-state index in [9.17, 15) is 10.1 Å². The van der Waals surface area contributed by atoms with Crippen LogP contribution in [-0.4, -0.2) is 14.0 Å². The van der Waals surface area contributed by atoms with Crippen molar-refractivity contribution in [2.24, 2.45) is 0 Å². The Morgan fingerprint density at radius 1 is 1.19 bits per heavy atom. The van der Waals surface area contributed by atoms with E-state index in [1.165, 1.54) is 29.7 Å². The highest BCUT2D eigenvalue weighted by molar-refractivity contribution is 5.77. The Kier molecular flexibility index (Phi) is 5.47.